The molecule has 2 amide bonds. The van der Waals surface area contributed by atoms with Gasteiger partial charge >= 0.3 is 0 Å². The van der Waals surface area contributed by atoms with Crippen molar-refractivity contribution in [1.29, 1.82) is 0 Å². The Kier molecular flexibility index (Phi) is 3.32. The van der Waals surface area contributed by atoms with Gasteiger partial charge in [0.25, 0.3) is 5.91 Å². The number of carbonyl (C=O) groups is 2. The Morgan fingerprint density at radius 3 is 2.76 bits per heavy atom. The van der Waals surface area contributed by atoms with Gasteiger partial charge in [-0.3, -0.25) is 9.59 Å². The van der Waals surface area contributed by atoms with Crippen molar-refractivity contribution < 1.29 is 9.59 Å². The number of hydrogen-bond donors (Lipinski definition) is 1. The third-order valence-corrected chi connectivity index (χ3v) is 4.35. The fourth-order valence-corrected chi connectivity index (χ4v) is 3.23. The number of nitrogens with one attached hydrogen (secondary N) is 1. The van der Waals surface area contributed by atoms with Crippen LogP contribution >= 0.6 is 0 Å². The van der Waals surface area contributed by atoms with Crippen molar-refractivity contribution in [3.8, 4) is 0 Å². The Morgan fingerprint density at radius 1 is 1.33 bits per heavy atom. The zero-order valence-electron chi connectivity index (χ0n) is 12.5. The van der Waals surface area contributed by atoms with Gasteiger partial charge in [0.1, 0.15) is 6.04 Å². The molecule has 0 aliphatic carbocycles. The third kappa shape index (κ3) is 2.24. The molecule has 1 N–H and O–H groups in total. The first-order valence-corrected chi connectivity index (χ1v) is 7.40. The second kappa shape index (κ2) is 5.02. The fourth-order valence-electron chi connectivity index (χ4n) is 3.23. The van der Waals surface area contributed by atoms with Crippen LogP contribution in [0.4, 0.5) is 0 Å². The number of fused-ring (bicyclic) bond motifs is 1. The molecule has 0 bridgehead atoms. The van der Waals surface area contributed by atoms with Gasteiger partial charge in [0.15, 0.2) is 0 Å². The van der Waals surface area contributed by atoms with Crippen LogP contribution in [0.2, 0.25) is 0 Å². The minimum Gasteiger partial charge on any atom is -0.329 e. The third-order valence-electron chi connectivity index (χ3n) is 4.35. The van der Waals surface area contributed by atoms with Gasteiger partial charge in [-0.05, 0) is 36.0 Å². The summed E-state index contributed by atoms with van der Waals surface area (Å²) in [4.78, 5) is 26.5. The SMILES string of the molecule is C=C1CCC(N2Cc3c(cccc3C(C)C)C2=O)C(=O)N1. The Labute approximate surface area is 124 Å². The largest absolute Gasteiger partial charge is 0.329 e. The second-order valence-electron chi connectivity index (χ2n) is 6.11. The minimum atomic E-state index is -0.379. The first-order chi connectivity index (χ1) is 9.99. The molecule has 1 fully saturated rings. The molecule has 21 heavy (non-hydrogen) atoms. The Bertz CT molecular complexity index is 634. The minimum absolute atomic E-state index is 0.0276. The zero-order chi connectivity index (χ0) is 15.1. The summed E-state index contributed by atoms with van der Waals surface area (Å²) in [6, 6.07) is 5.49. The maximum atomic E-state index is 12.6. The summed E-state index contributed by atoms with van der Waals surface area (Å²) in [7, 11) is 0. The highest BCUT2D eigenvalue weighted by atomic mass is 16.2. The Hall–Kier alpha value is -2.10. The highest BCUT2D eigenvalue weighted by Crippen LogP contribution is 2.33. The normalized spacial score (nSPS) is 21.8. The molecule has 1 unspecified atom stereocenters. The van der Waals surface area contributed by atoms with Crippen LogP contribution in [-0.4, -0.2) is 22.8 Å². The summed E-state index contributed by atoms with van der Waals surface area (Å²) in [5.41, 5.74) is 3.76. The molecule has 4 nitrogen and oxygen atoms in total. The van der Waals surface area contributed by atoms with Gasteiger partial charge in [-0.25, -0.2) is 0 Å². The zero-order valence-corrected chi connectivity index (χ0v) is 12.5. The molecule has 110 valence electrons. The van der Waals surface area contributed by atoms with E-state index in [0.29, 0.717) is 18.9 Å². The number of allylic oxidation sites excluding steroid dienone is 1. The van der Waals surface area contributed by atoms with Gasteiger partial charge in [-0.2, -0.15) is 0 Å². The molecule has 2 aliphatic heterocycles. The molecule has 0 radical (unpaired) electrons. The molecule has 2 aliphatic rings. The summed E-state index contributed by atoms with van der Waals surface area (Å²) in [6.07, 6.45) is 1.38. The molecule has 1 atom stereocenters. The van der Waals surface area contributed by atoms with Gasteiger partial charge in [-0.1, -0.05) is 32.6 Å². The molecule has 4 heteroatoms. The maximum Gasteiger partial charge on any atom is 0.255 e. The summed E-state index contributed by atoms with van der Waals surface area (Å²) in [5.74, 6) is 0.228. The van der Waals surface area contributed by atoms with Crippen LogP contribution in [-0.2, 0) is 11.3 Å². The van der Waals surface area contributed by atoms with E-state index in [-0.39, 0.29) is 17.9 Å². The maximum absolute atomic E-state index is 12.6. The van der Waals surface area contributed by atoms with E-state index >= 15 is 0 Å². The number of piperidine rings is 1. The monoisotopic (exact) mass is 284 g/mol. The standard InChI is InChI=1S/C17H20N2O2/c1-10(2)12-5-4-6-13-14(12)9-19(17(13)21)15-8-7-11(3)18-16(15)20/h4-6,10,15H,3,7-9H2,1-2H3,(H,18,20). The predicted molar refractivity (Wildman–Crippen MR) is 80.7 cm³/mol. The number of hydrogen-bond acceptors (Lipinski definition) is 2. The summed E-state index contributed by atoms with van der Waals surface area (Å²) >= 11 is 0. The molecule has 1 saturated heterocycles. The van der Waals surface area contributed by atoms with Gasteiger partial charge in [0.05, 0.1) is 0 Å². The van der Waals surface area contributed by atoms with Crippen LogP contribution in [0.3, 0.4) is 0 Å². The lowest BCUT2D eigenvalue weighted by molar-refractivity contribution is -0.126. The van der Waals surface area contributed by atoms with Crippen molar-refractivity contribution in [3.63, 3.8) is 0 Å². The van der Waals surface area contributed by atoms with Crippen molar-refractivity contribution in [2.75, 3.05) is 0 Å². The molecule has 1 aromatic carbocycles. The number of benzene rings is 1. The van der Waals surface area contributed by atoms with Crippen LogP contribution in [0.1, 0.15) is 54.1 Å². The first kappa shape index (κ1) is 13.9. The van der Waals surface area contributed by atoms with Crippen LogP contribution in [0, 0.1) is 0 Å². The summed E-state index contributed by atoms with van der Waals surface area (Å²) in [6.45, 7) is 8.57. The average molecular weight is 284 g/mol. The van der Waals surface area contributed by atoms with Crippen LogP contribution in [0.5, 0.6) is 0 Å². The van der Waals surface area contributed by atoms with E-state index in [0.717, 1.165) is 23.2 Å². The first-order valence-electron chi connectivity index (χ1n) is 7.40. The van der Waals surface area contributed by atoms with E-state index in [1.165, 1.54) is 5.56 Å². The van der Waals surface area contributed by atoms with Crippen molar-refractivity contribution in [1.82, 2.24) is 10.2 Å². The van der Waals surface area contributed by atoms with Crippen molar-refractivity contribution in [3.05, 3.63) is 47.2 Å². The van der Waals surface area contributed by atoms with Crippen LogP contribution in [0.15, 0.2) is 30.5 Å². The predicted octanol–water partition coefficient (Wildman–Crippen LogP) is 2.56. The van der Waals surface area contributed by atoms with E-state index < -0.39 is 0 Å². The number of nitrogens with zero attached hydrogens (tertiary/aromatic N) is 1. The van der Waals surface area contributed by atoms with E-state index in [1.54, 1.807) is 4.90 Å². The lowest BCUT2D eigenvalue weighted by Gasteiger charge is -2.31. The Morgan fingerprint density at radius 2 is 2.10 bits per heavy atom. The number of carbonyl (C=O) groups excluding carboxylic acids is 2. The molecule has 2 heterocycles. The molecule has 0 aromatic heterocycles. The average Bonchev–Trinajstić information content (AvgIpc) is 2.76. The number of rotatable bonds is 2. The second-order valence-corrected chi connectivity index (χ2v) is 6.11. The molecule has 1 aromatic rings. The van der Waals surface area contributed by atoms with Gasteiger partial charge < -0.3 is 10.2 Å². The topological polar surface area (TPSA) is 49.4 Å². The fraction of sp³-hybridized carbons (Fsp3) is 0.412. The smallest absolute Gasteiger partial charge is 0.255 e. The lowest BCUT2D eigenvalue weighted by atomic mass is 9.95. The van der Waals surface area contributed by atoms with Crippen LogP contribution < -0.4 is 5.32 Å². The highest BCUT2D eigenvalue weighted by molar-refractivity contribution is 6.01. The van der Waals surface area contributed by atoms with Crippen LogP contribution in [0.25, 0.3) is 0 Å². The highest BCUT2D eigenvalue weighted by Gasteiger charge is 2.38. The van der Waals surface area contributed by atoms with Gasteiger partial charge in [-0.15, -0.1) is 0 Å². The molecule has 0 saturated carbocycles. The summed E-state index contributed by atoms with van der Waals surface area (Å²) < 4.78 is 0. The molecular weight excluding hydrogens is 264 g/mol. The van der Waals surface area contributed by atoms with E-state index in [2.05, 4.69) is 31.8 Å². The van der Waals surface area contributed by atoms with Crippen molar-refractivity contribution >= 4 is 11.8 Å². The number of amides is 2. The molecule has 0 spiro atoms. The Balaban J connectivity index is 1.92. The quantitative estimate of drug-likeness (QED) is 0.907. The lowest BCUT2D eigenvalue weighted by Crippen LogP contribution is -2.49. The van der Waals surface area contributed by atoms with Gasteiger partial charge in [0.2, 0.25) is 5.91 Å². The van der Waals surface area contributed by atoms with Crippen molar-refractivity contribution in [2.24, 2.45) is 0 Å². The van der Waals surface area contributed by atoms with Crippen molar-refractivity contribution in [2.45, 2.75) is 45.2 Å². The van der Waals surface area contributed by atoms with E-state index in [4.69, 9.17) is 0 Å². The van der Waals surface area contributed by atoms with E-state index in [9.17, 15) is 9.59 Å². The molecular formula is C17H20N2O2. The summed E-state index contributed by atoms with van der Waals surface area (Å²) in [5, 5.41) is 2.76. The molecule has 3 rings (SSSR count). The van der Waals surface area contributed by atoms with Gasteiger partial charge in [0, 0.05) is 17.8 Å². The van der Waals surface area contributed by atoms with E-state index in [1.807, 2.05) is 12.1 Å².